The maximum absolute atomic E-state index is 13.7. The van der Waals surface area contributed by atoms with E-state index in [0.717, 1.165) is 6.07 Å². The van der Waals surface area contributed by atoms with Gasteiger partial charge in [-0.15, -0.1) is 0 Å². The standard InChI is InChI=1S/C10H9F2N3O2/c1-17-6-2-4(5-3-14-15-10(5)13)7(11)9(16)8(6)12/h2-3,16H,1H3,(H3,13,14,15). The first-order valence-corrected chi connectivity index (χ1v) is 4.60. The molecular formula is C10H9F2N3O2. The Bertz CT molecular complexity index is 569. The Kier molecular flexibility index (Phi) is 2.58. The lowest BCUT2D eigenvalue weighted by molar-refractivity contribution is 0.351. The normalized spacial score (nSPS) is 10.5. The minimum absolute atomic E-state index is 0.0907. The van der Waals surface area contributed by atoms with Crippen LogP contribution in [0.1, 0.15) is 0 Å². The summed E-state index contributed by atoms with van der Waals surface area (Å²) in [5.74, 6) is -3.55. The molecule has 2 rings (SSSR count). The van der Waals surface area contributed by atoms with E-state index in [2.05, 4.69) is 14.9 Å². The zero-order valence-corrected chi connectivity index (χ0v) is 8.79. The van der Waals surface area contributed by atoms with Gasteiger partial charge < -0.3 is 15.6 Å². The highest BCUT2D eigenvalue weighted by molar-refractivity contribution is 5.76. The molecule has 0 fully saturated rings. The van der Waals surface area contributed by atoms with E-state index in [4.69, 9.17) is 5.73 Å². The highest BCUT2D eigenvalue weighted by atomic mass is 19.1. The molecule has 0 aliphatic carbocycles. The smallest absolute Gasteiger partial charge is 0.209 e. The number of anilines is 1. The summed E-state index contributed by atoms with van der Waals surface area (Å²) in [6.07, 6.45) is 1.27. The maximum atomic E-state index is 13.7. The molecule has 0 aliphatic heterocycles. The zero-order chi connectivity index (χ0) is 12.6. The summed E-state index contributed by atoms with van der Waals surface area (Å²) in [6.45, 7) is 0. The molecule has 1 aromatic heterocycles. The van der Waals surface area contributed by atoms with Crippen molar-refractivity contribution >= 4 is 5.82 Å². The van der Waals surface area contributed by atoms with E-state index in [1.807, 2.05) is 0 Å². The minimum atomic E-state index is -1.16. The van der Waals surface area contributed by atoms with Crippen LogP contribution in [-0.2, 0) is 0 Å². The number of benzene rings is 1. The van der Waals surface area contributed by atoms with Crippen molar-refractivity contribution in [2.45, 2.75) is 0 Å². The first kappa shape index (κ1) is 11.2. The van der Waals surface area contributed by atoms with Gasteiger partial charge in [0.25, 0.3) is 0 Å². The van der Waals surface area contributed by atoms with E-state index in [0.29, 0.717) is 0 Å². The molecule has 5 nitrogen and oxygen atoms in total. The molecule has 0 spiro atoms. The number of aromatic amines is 1. The van der Waals surface area contributed by atoms with Crippen LogP contribution in [0.3, 0.4) is 0 Å². The fourth-order valence-corrected chi connectivity index (χ4v) is 1.45. The number of methoxy groups -OCH3 is 1. The van der Waals surface area contributed by atoms with Crippen molar-refractivity contribution in [2.75, 3.05) is 12.8 Å². The van der Waals surface area contributed by atoms with Crippen LogP contribution in [0.2, 0.25) is 0 Å². The number of aromatic nitrogens is 2. The molecule has 0 saturated heterocycles. The number of hydrogen-bond donors (Lipinski definition) is 3. The van der Waals surface area contributed by atoms with Gasteiger partial charge >= 0.3 is 0 Å². The summed E-state index contributed by atoms with van der Waals surface area (Å²) in [4.78, 5) is 0. The zero-order valence-electron chi connectivity index (χ0n) is 8.79. The number of rotatable bonds is 2. The molecule has 0 atom stereocenters. The summed E-state index contributed by atoms with van der Waals surface area (Å²) in [6, 6.07) is 1.10. The fourth-order valence-electron chi connectivity index (χ4n) is 1.45. The molecule has 0 aliphatic rings. The van der Waals surface area contributed by atoms with Crippen LogP contribution in [0.15, 0.2) is 12.3 Å². The Hall–Kier alpha value is -2.31. The van der Waals surface area contributed by atoms with Crippen LogP contribution in [0.4, 0.5) is 14.6 Å². The summed E-state index contributed by atoms with van der Waals surface area (Å²) in [7, 11) is 1.21. The molecule has 0 radical (unpaired) electrons. The Morgan fingerprint density at radius 3 is 2.59 bits per heavy atom. The van der Waals surface area contributed by atoms with Gasteiger partial charge in [-0.25, -0.2) is 4.39 Å². The third kappa shape index (κ3) is 1.65. The molecule has 7 heteroatoms. The number of nitrogens with one attached hydrogen (secondary N) is 1. The largest absolute Gasteiger partial charge is 0.503 e. The van der Waals surface area contributed by atoms with E-state index in [9.17, 15) is 13.9 Å². The number of aromatic hydroxyl groups is 1. The average molecular weight is 241 g/mol. The van der Waals surface area contributed by atoms with Gasteiger partial charge in [0.2, 0.25) is 5.82 Å². The highest BCUT2D eigenvalue weighted by Gasteiger charge is 2.21. The molecule has 0 unspecified atom stereocenters. The van der Waals surface area contributed by atoms with Crippen LogP contribution in [0, 0.1) is 11.6 Å². The molecule has 1 heterocycles. The van der Waals surface area contributed by atoms with Gasteiger partial charge in [0.15, 0.2) is 17.3 Å². The van der Waals surface area contributed by atoms with Gasteiger partial charge in [-0.1, -0.05) is 0 Å². The molecule has 90 valence electrons. The summed E-state index contributed by atoms with van der Waals surface area (Å²) in [5.41, 5.74) is 5.65. The van der Waals surface area contributed by atoms with E-state index in [-0.39, 0.29) is 22.7 Å². The van der Waals surface area contributed by atoms with Gasteiger partial charge in [0.1, 0.15) is 5.82 Å². The molecule has 0 saturated carbocycles. The number of H-pyrrole nitrogens is 1. The van der Waals surface area contributed by atoms with Crippen molar-refractivity contribution in [2.24, 2.45) is 0 Å². The monoisotopic (exact) mass is 241 g/mol. The number of nitrogens with zero attached hydrogens (tertiary/aromatic N) is 1. The molecular weight excluding hydrogens is 232 g/mol. The van der Waals surface area contributed by atoms with E-state index >= 15 is 0 Å². The number of phenolic OH excluding ortho intramolecular Hbond substituents is 1. The second kappa shape index (κ2) is 3.93. The van der Waals surface area contributed by atoms with Crippen molar-refractivity contribution < 1.29 is 18.6 Å². The van der Waals surface area contributed by atoms with Gasteiger partial charge in [0, 0.05) is 11.1 Å². The van der Waals surface area contributed by atoms with Crippen LogP contribution in [-0.4, -0.2) is 22.4 Å². The maximum Gasteiger partial charge on any atom is 0.209 e. The molecule has 0 amide bonds. The molecule has 4 N–H and O–H groups in total. The molecule has 2 aromatic rings. The fraction of sp³-hybridized carbons (Fsp3) is 0.100. The van der Waals surface area contributed by atoms with Crippen molar-refractivity contribution in [1.29, 1.82) is 0 Å². The number of nitrogen functional groups attached to an aromatic ring is 1. The number of nitrogens with two attached hydrogens (primary N) is 1. The third-order valence-electron chi connectivity index (χ3n) is 2.32. The second-order valence-electron chi connectivity index (χ2n) is 3.30. The van der Waals surface area contributed by atoms with Gasteiger partial charge in [-0.2, -0.15) is 9.49 Å². The van der Waals surface area contributed by atoms with E-state index in [1.54, 1.807) is 0 Å². The van der Waals surface area contributed by atoms with E-state index in [1.165, 1.54) is 13.3 Å². The summed E-state index contributed by atoms with van der Waals surface area (Å²) < 4.78 is 31.7. The van der Waals surface area contributed by atoms with Gasteiger partial charge in [-0.3, -0.25) is 5.10 Å². The van der Waals surface area contributed by atoms with E-state index < -0.39 is 17.4 Å². The van der Waals surface area contributed by atoms with Crippen molar-refractivity contribution in [3.8, 4) is 22.6 Å². The second-order valence-corrected chi connectivity index (χ2v) is 3.30. The molecule has 0 bridgehead atoms. The predicted octanol–water partition coefficient (Wildman–Crippen LogP) is 1.65. The van der Waals surface area contributed by atoms with Crippen LogP contribution < -0.4 is 10.5 Å². The van der Waals surface area contributed by atoms with Crippen molar-refractivity contribution in [1.82, 2.24) is 10.2 Å². The SMILES string of the molecule is COc1cc(-c2cn[nH]c2N)c(F)c(O)c1F. The van der Waals surface area contributed by atoms with Gasteiger partial charge in [-0.05, 0) is 6.07 Å². The topological polar surface area (TPSA) is 84.2 Å². The van der Waals surface area contributed by atoms with Crippen LogP contribution >= 0.6 is 0 Å². The molecule has 17 heavy (non-hydrogen) atoms. The minimum Gasteiger partial charge on any atom is -0.503 e. The van der Waals surface area contributed by atoms with Crippen LogP contribution in [0.25, 0.3) is 11.1 Å². The Morgan fingerprint density at radius 1 is 1.35 bits per heavy atom. The highest BCUT2D eigenvalue weighted by Crippen LogP contribution is 2.37. The molecule has 1 aromatic carbocycles. The van der Waals surface area contributed by atoms with Gasteiger partial charge in [0.05, 0.1) is 13.3 Å². The Labute approximate surface area is 94.8 Å². The first-order chi connectivity index (χ1) is 8.06. The Morgan fingerprint density at radius 2 is 2.06 bits per heavy atom. The average Bonchev–Trinajstić information content (AvgIpc) is 2.73. The van der Waals surface area contributed by atoms with Crippen molar-refractivity contribution in [3.05, 3.63) is 23.9 Å². The number of halogens is 2. The quantitative estimate of drug-likeness (QED) is 0.746. The number of hydrogen-bond acceptors (Lipinski definition) is 4. The Balaban J connectivity index is 2.71. The summed E-state index contributed by atoms with van der Waals surface area (Å²) >= 11 is 0. The predicted molar refractivity (Wildman–Crippen MR) is 56.6 cm³/mol. The van der Waals surface area contributed by atoms with Crippen molar-refractivity contribution in [3.63, 3.8) is 0 Å². The number of ether oxygens (including phenoxy) is 1. The van der Waals surface area contributed by atoms with Crippen LogP contribution in [0.5, 0.6) is 11.5 Å². The lowest BCUT2D eigenvalue weighted by atomic mass is 10.1. The summed E-state index contributed by atoms with van der Waals surface area (Å²) in [5, 5.41) is 15.3. The first-order valence-electron chi connectivity index (χ1n) is 4.60. The number of phenols is 1. The third-order valence-corrected chi connectivity index (χ3v) is 2.32. The lowest BCUT2D eigenvalue weighted by Gasteiger charge is -2.09. The lowest BCUT2D eigenvalue weighted by Crippen LogP contribution is -1.96.